The molecule has 1 aliphatic rings. The van der Waals surface area contributed by atoms with E-state index in [0.717, 1.165) is 5.56 Å². The summed E-state index contributed by atoms with van der Waals surface area (Å²) in [7, 11) is 0. The van der Waals surface area contributed by atoms with Crippen molar-refractivity contribution in [2.75, 3.05) is 0 Å². The zero-order valence-corrected chi connectivity index (χ0v) is 6.78. The van der Waals surface area contributed by atoms with E-state index in [1.54, 1.807) is 0 Å². The Kier molecular flexibility index (Phi) is 1.74. The van der Waals surface area contributed by atoms with Crippen molar-refractivity contribution in [1.82, 2.24) is 0 Å². The maximum absolute atomic E-state index is 5.16. The second-order valence-electron chi connectivity index (χ2n) is 2.68. The Morgan fingerprint density at radius 1 is 1.33 bits per heavy atom. The van der Waals surface area contributed by atoms with E-state index in [4.69, 9.17) is 9.47 Å². The zero-order valence-electron chi connectivity index (χ0n) is 6.78. The van der Waals surface area contributed by atoms with Gasteiger partial charge in [0.2, 0.25) is 6.26 Å². The minimum atomic E-state index is -0.300. The molecule has 0 bridgehead atoms. The predicted octanol–water partition coefficient (Wildman–Crippen LogP) is 2.31. The van der Waals surface area contributed by atoms with E-state index in [9.17, 15) is 0 Å². The van der Waals surface area contributed by atoms with Crippen LogP contribution in [0.2, 0.25) is 0 Å². The van der Waals surface area contributed by atoms with Gasteiger partial charge in [-0.15, -0.1) is 0 Å². The van der Waals surface area contributed by atoms with Crippen molar-refractivity contribution in [3.8, 4) is 0 Å². The van der Waals surface area contributed by atoms with Crippen molar-refractivity contribution < 1.29 is 9.47 Å². The van der Waals surface area contributed by atoms with Crippen molar-refractivity contribution in [2.45, 2.75) is 13.2 Å². The topological polar surface area (TPSA) is 18.5 Å². The lowest BCUT2D eigenvalue weighted by molar-refractivity contribution is -0.0306. The molecule has 0 amide bonds. The maximum atomic E-state index is 5.16. The molecule has 0 N–H and O–H groups in total. The first-order chi connectivity index (χ1) is 5.88. The molecule has 1 radical (unpaired) electrons. The second kappa shape index (κ2) is 2.89. The third-order valence-electron chi connectivity index (χ3n) is 1.86. The first-order valence-corrected chi connectivity index (χ1v) is 3.82. The van der Waals surface area contributed by atoms with E-state index < -0.39 is 0 Å². The Bertz CT molecular complexity index is 296. The molecule has 2 rings (SSSR count). The standard InChI is InChI=1S/C10H9O2/c1-8-4-2-3-5-9(8)10-11-6-7-12-10/h2-6,10H,1H3. The van der Waals surface area contributed by atoms with Crippen molar-refractivity contribution in [1.29, 1.82) is 0 Å². The van der Waals surface area contributed by atoms with Gasteiger partial charge in [0, 0.05) is 5.56 Å². The first-order valence-electron chi connectivity index (χ1n) is 3.82. The Hall–Kier alpha value is -1.44. The van der Waals surface area contributed by atoms with Crippen LogP contribution in [0.3, 0.4) is 0 Å². The number of benzene rings is 1. The van der Waals surface area contributed by atoms with Gasteiger partial charge in [0.1, 0.15) is 6.26 Å². The molecule has 1 unspecified atom stereocenters. The zero-order chi connectivity index (χ0) is 8.39. The number of hydrogen-bond acceptors (Lipinski definition) is 2. The normalized spacial score (nSPS) is 15.8. The smallest absolute Gasteiger partial charge is 0.267 e. The summed E-state index contributed by atoms with van der Waals surface area (Å²) in [5, 5.41) is 0. The largest absolute Gasteiger partial charge is 0.454 e. The molecular weight excluding hydrogens is 152 g/mol. The summed E-state index contributed by atoms with van der Waals surface area (Å²) >= 11 is 0. The highest BCUT2D eigenvalue weighted by molar-refractivity contribution is 5.27. The van der Waals surface area contributed by atoms with Crippen molar-refractivity contribution in [2.24, 2.45) is 0 Å². The molecule has 0 aliphatic carbocycles. The number of hydrogen-bond donors (Lipinski definition) is 0. The maximum Gasteiger partial charge on any atom is 0.267 e. The van der Waals surface area contributed by atoms with Gasteiger partial charge in [-0.1, -0.05) is 24.3 Å². The quantitative estimate of drug-likeness (QED) is 0.629. The fourth-order valence-corrected chi connectivity index (χ4v) is 1.19. The highest BCUT2D eigenvalue weighted by Crippen LogP contribution is 2.25. The van der Waals surface area contributed by atoms with Crippen molar-refractivity contribution in [3.05, 3.63) is 47.9 Å². The lowest BCUT2D eigenvalue weighted by Gasteiger charge is -2.11. The van der Waals surface area contributed by atoms with Gasteiger partial charge >= 0.3 is 0 Å². The summed E-state index contributed by atoms with van der Waals surface area (Å²) in [6, 6.07) is 7.97. The van der Waals surface area contributed by atoms with Crippen LogP contribution in [-0.2, 0) is 9.47 Å². The van der Waals surface area contributed by atoms with E-state index in [2.05, 4.69) is 6.26 Å². The molecule has 1 atom stereocenters. The molecule has 0 fully saturated rings. The molecule has 0 saturated heterocycles. The van der Waals surface area contributed by atoms with Crippen LogP contribution in [0.1, 0.15) is 17.4 Å². The van der Waals surface area contributed by atoms with E-state index in [-0.39, 0.29) is 6.29 Å². The van der Waals surface area contributed by atoms with Crippen LogP contribution in [0.4, 0.5) is 0 Å². The van der Waals surface area contributed by atoms with E-state index in [0.29, 0.717) is 0 Å². The molecule has 0 spiro atoms. The van der Waals surface area contributed by atoms with Crippen molar-refractivity contribution in [3.63, 3.8) is 0 Å². The van der Waals surface area contributed by atoms with Gasteiger partial charge < -0.3 is 9.47 Å². The third-order valence-corrected chi connectivity index (χ3v) is 1.86. The molecule has 1 aromatic rings. The van der Waals surface area contributed by atoms with Gasteiger partial charge in [-0.05, 0) is 12.5 Å². The molecule has 0 saturated carbocycles. The van der Waals surface area contributed by atoms with Crippen LogP contribution in [0, 0.1) is 13.2 Å². The molecule has 12 heavy (non-hydrogen) atoms. The van der Waals surface area contributed by atoms with Gasteiger partial charge in [-0.2, -0.15) is 0 Å². The number of aryl methyl sites for hydroxylation is 1. The molecule has 1 aromatic carbocycles. The van der Waals surface area contributed by atoms with Crippen molar-refractivity contribution >= 4 is 0 Å². The van der Waals surface area contributed by atoms with Crippen LogP contribution < -0.4 is 0 Å². The number of rotatable bonds is 1. The Balaban J connectivity index is 2.27. The molecule has 2 nitrogen and oxygen atoms in total. The fourth-order valence-electron chi connectivity index (χ4n) is 1.19. The number of ether oxygens (including phenoxy) is 2. The highest BCUT2D eigenvalue weighted by atomic mass is 16.7. The Morgan fingerprint density at radius 3 is 2.83 bits per heavy atom. The Labute approximate surface area is 71.4 Å². The van der Waals surface area contributed by atoms with E-state index in [1.165, 1.54) is 11.8 Å². The summed E-state index contributed by atoms with van der Waals surface area (Å²) in [5.41, 5.74) is 2.22. The van der Waals surface area contributed by atoms with E-state index in [1.807, 2.05) is 31.2 Å². The Morgan fingerprint density at radius 2 is 2.17 bits per heavy atom. The average Bonchev–Trinajstić information content (AvgIpc) is 2.57. The third kappa shape index (κ3) is 1.16. The minimum Gasteiger partial charge on any atom is -0.454 e. The van der Waals surface area contributed by atoms with Crippen LogP contribution in [0.25, 0.3) is 0 Å². The lowest BCUT2D eigenvalue weighted by Crippen LogP contribution is -1.99. The monoisotopic (exact) mass is 161 g/mol. The molecular formula is C10H9O2. The lowest BCUT2D eigenvalue weighted by atomic mass is 10.1. The molecule has 61 valence electrons. The van der Waals surface area contributed by atoms with Gasteiger partial charge in [0.05, 0.1) is 0 Å². The fraction of sp³-hybridized carbons (Fsp3) is 0.200. The van der Waals surface area contributed by atoms with Gasteiger partial charge in [0.25, 0.3) is 6.29 Å². The average molecular weight is 161 g/mol. The van der Waals surface area contributed by atoms with Gasteiger partial charge in [0.15, 0.2) is 0 Å². The summed E-state index contributed by atoms with van der Waals surface area (Å²) < 4.78 is 10.3. The molecule has 2 heteroatoms. The second-order valence-corrected chi connectivity index (χ2v) is 2.68. The van der Waals surface area contributed by atoms with Crippen LogP contribution in [0.5, 0.6) is 0 Å². The minimum absolute atomic E-state index is 0.300. The highest BCUT2D eigenvalue weighted by Gasteiger charge is 2.16. The predicted molar refractivity (Wildman–Crippen MR) is 43.9 cm³/mol. The SMILES string of the molecule is Cc1ccccc1C1O[C]=CO1. The molecule has 1 heterocycles. The van der Waals surface area contributed by atoms with Crippen LogP contribution in [-0.4, -0.2) is 0 Å². The van der Waals surface area contributed by atoms with Crippen LogP contribution in [0.15, 0.2) is 30.5 Å². The summed E-state index contributed by atoms with van der Waals surface area (Å²) in [6.07, 6.45) is 3.69. The summed E-state index contributed by atoms with van der Waals surface area (Å²) in [4.78, 5) is 0. The molecule has 1 aliphatic heterocycles. The molecule has 0 aromatic heterocycles. The van der Waals surface area contributed by atoms with E-state index >= 15 is 0 Å². The summed E-state index contributed by atoms with van der Waals surface area (Å²) in [5.74, 6) is 0. The summed E-state index contributed by atoms with van der Waals surface area (Å²) in [6.45, 7) is 2.03. The first kappa shape index (κ1) is 7.22. The van der Waals surface area contributed by atoms with Gasteiger partial charge in [-0.25, -0.2) is 0 Å². The van der Waals surface area contributed by atoms with Gasteiger partial charge in [-0.3, -0.25) is 0 Å². The van der Waals surface area contributed by atoms with Crippen LogP contribution >= 0.6 is 0 Å².